The Morgan fingerprint density at radius 3 is 1.56 bits per heavy atom. The lowest BCUT2D eigenvalue weighted by Crippen LogP contribution is -2.19. The number of alkyl halides is 1. The predicted octanol–water partition coefficient (Wildman–Crippen LogP) is 6.47. The van der Waals surface area contributed by atoms with Crippen LogP contribution in [0.3, 0.4) is 0 Å². The van der Waals surface area contributed by atoms with Crippen LogP contribution in [-0.4, -0.2) is 0 Å². The number of benzene rings is 2. The summed E-state index contributed by atoms with van der Waals surface area (Å²) in [6, 6.07) is 15.9. The minimum absolute atomic E-state index is 0.168. The zero-order valence-corrected chi connectivity index (χ0v) is 18.1. The lowest BCUT2D eigenvalue weighted by atomic mass is 9.79. The van der Waals surface area contributed by atoms with Crippen molar-refractivity contribution in [2.75, 3.05) is 0 Å². The normalized spacial score (nSPS) is 12.4. The van der Waals surface area contributed by atoms with Crippen LogP contribution in [0.1, 0.15) is 69.4 Å². The van der Waals surface area contributed by atoms with E-state index in [1.54, 1.807) is 0 Å². The highest BCUT2D eigenvalue weighted by atomic mass is 79.9. The summed E-state index contributed by atoms with van der Waals surface area (Å²) in [7, 11) is 0. The molecule has 0 aliphatic heterocycles. The van der Waals surface area contributed by atoms with Gasteiger partial charge in [-0.05, 0) is 38.6 Å². The van der Waals surface area contributed by atoms with Gasteiger partial charge in [-0.25, -0.2) is 0 Å². The first-order valence-corrected chi connectivity index (χ1v) is 10.2. The molecule has 0 amide bonds. The Kier molecular flexibility index (Phi) is 6.51. The van der Waals surface area contributed by atoms with Gasteiger partial charge in [0.25, 0.3) is 0 Å². The molecule has 0 aromatic heterocycles. The van der Waals surface area contributed by atoms with Gasteiger partial charge in [0.05, 0.1) is 0 Å². The number of nitrogens with one attached hydrogen (secondary N) is 1. The van der Waals surface area contributed by atoms with E-state index < -0.39 is 0 Å². The Morgan fingerprint density at radius 1 is 0.680 bits per heavy atom. The Morgan fingerprint density at radius 2 is 1.12 bits per heavy atom. The van der Waals surface area contributed by atoms with Crippen LogP contribution in [0.2, 0.25) is 0 Å². The van der Waals surface area contributed by atoms with Gasteiger partial charge in [-0.2, -0.15) is 0 Å². The summed E-state index contributed by atoms with van der Waals surface area (Å²) in [6.45, 7) is 15.5. The van der Waals surface area contributed by atoms with Crippen LogP contribution in [-0.2, 0) is 29.2 Å². The van der Waals surface area contributed by atoms with E-state index in [0.717, 1.165) is 18.4 Å². The minimum atomic E-state index is 0.168. The molecule has 1 nitrogen and oxygen atoms in total. The zero-order chi connectivity index (χ0) is 18.7. The van der Waals surface area contributed by atoms with Crippen molar-refractivity contribution in [3.8, 4) is 0 Å². The number of halogens is 1. The van der Waals surface area contributed by atoms with Crippen molar-refractivity contribution in [3.05, 3.63) is 70.3 Å². The number of hydrogen-bond acceptors (Lipinski definition) is 1. The van der Waals surface area contributed by atoms with Crippen LogP contribution in [0.4, 0.5) is 0 Å². The van der Waals surface area contributed by atoms with E-state index in [2.05, 4.69) is 105 Å². The van der Waals surface area contributed by atoms with E-state index >= 15 is 0 Å². The standard InChI is InChI=1S/C23H32BrN/c1-22(2,3)20-11-19(12-21(13-20)23(4,5)6)16-25-15-18-9-7-17(14-24)8-10-18/h7-13,25H,14-16H2,1-6H3. The Bertz CT molecular complexity index is 655. The summed E-state index contributed by atoms with van der Waals surface area (Å²) in [4.78, 5) is 0. The van der Waals surface area contributed by atoms with Crippen molar-refractivity contribution < 1.29 is 0 Å². The molecule has 2 heteroatoms. The van der Waals surface area contributed by atoms with Gasteiger partial charge < -0.3 is 5.32 Å². The highest BCUT2D eigenvalue weighted by Crippen LogP contribution is 2.30. The van der Waals surface area contributed by atoms with E-state index in [4.69, 9.17) is 0 Å². The van der Waals surface area contributed by atoms with Gasteiger partial charge in [-0.3, -0.25) is 0 Å². The van der Waals surface area contributed by atoms with Gasteiger partial charge in [-0.15, -0.1) is 0 Å². The Labute approximate surface area is 162 Å². The first-order chi connectivity index (χ1) is 11.6. The lowest BCUT2D eigenvalue weighted by molar-refractivity contribution is 0.564. The molecule has 2 aromatic carbocycles. The van der Waals surface area contributed by atoms with Crippen LogP contribution >= 0.6 is 15.9 Å². The van der Waals surface area contributed by atoms with Crippen molar-refractivity contribution in [1.29, 1.82) is 0 Å². The molecule has 136 valence electrons. The molecule has 0 radical (unpaired) electrons. The van der Waals surface area contributed by atoms with Crippen LogP contribution in [0.25, 0.3) is 0 Å². The second kappa shape index (κ2) is 8.05. The van der Waals surface area contributed by atoms with Crippen LogP contribution in [0, 0.1) is 0 Å². The fraction of sp³-hybridized carbons (Fsp3) is 0.478. The molecule has 0 unspecified atom stereocenters. The maximum Gasteiger partial charge on any atom is 0.0283 e. The molecule has 0 aliphatic rings. The molecule has 1 N–H and O–H groups in total. The van der Waals surface area contributed by atoms with E-state index in [9.17, 15) is 0 Å². The summed E-state index contributed by atoms with van der Waals surface area (Å²) in [6.07, 6.45) is 0. The summed E-state index contributed by atoms with van der Waals surface area (Å²) >= 11 is 3.49. The van der Waals surface area contributed by atoms with Gasteiger partial charge in [0.2, 0.25) is 0 Å². The predicted molar refractivity (Wildman–Crippen MR) is 113 cm³/mol. The van der Waals surface area contributed by atoms with E-state index in [0.29, 0.717) is 0 Å². The molecule has 0 fully saturated rings. The molecular weight excluding hydrogens is 370 g/mol. The monoisotopic (exact) mass is 401 g/mol. The molecule has 2 aromatic rings. The summed E-state index contributed by atoms with van der Waals surface area (Å²) in [5.74, 6) is 0. The SMILES string of the molecule is CC(C)(C)c1cc(CNCc2ccc(CBr)cc2)cc(C(C)(C)C)c1. The lowest BCUT2D eigenvalue weighted by Gasteiger charge is -2.26. The third-order valence-electron chi connectivity index (χ3n) is 4.56. The summed E-state index contributed by atoms with van der Waals surface area (Å²) in [5.41, 5.74) is 7.18. The van der Waals surface area contributed by atoms with Crippen LogP contribution in [0.5, 0.6) is 0 Å². The van der Waals surface area contributed by atoms with Crippen LogP contribution < -0.4 is 5.32 Å². The van der Waals surface area contributed by atoms with Gasteiger partial charge in [0.15, 0.2) is 0 Å². The van der Waals surface area contributed by atoms with Crippen molar-refractivity contribution >= 4 is 15.9 Å². The molecule has 0 bridgehead atoms. The summed E-state index contributed by atoms with van der Waals surface area (Å²) < 4.78 is 0. The third kappa shape index (κ3) is 5.97. The van der Waals surface area contributed by atoms with Crippen molar-refractivity contribution in [2.45, 2.75) is 70.8 Å². The van der Waals surface area contributed by atoms with Crippen molar-refractivity contribution in [1.82, 2.24) is 5.32 Å². The van der Waals surface area contributed by atoms with Crippen molar-refractivity contribution in [3.63, 3.8) is 0 Å². The van der Waals surface area contributed by atoms with Gasteiger partial charge in [0, 0.05) is 18.4 Å². The second-order valence-electron chi connectivity index (χ2n) is 8.97. The fourth-order valence-corrected chi connectivity index (χ4v) is 3.13. The molecule has 0 heterocycles. The highest BCUT2D eigenvalue weighted by molar-refractivity contribution is 9.08. The van der Waals surface area contributed by atoms with E-state index in [1.807, 2.05) is 0 Å². The molecular formula is C23H32BrN. The Balaban J connectivity index is 2.12. The quantitative estimate of drug-likeness (QED) is 0.566. The smallest absolute Gasteiger partial charge is 0.0283 e. The highest BCUT2D eigenvalue weighted by Gasteiger charge is 2.20. The number of rotatable bonds is 5. The minimum Gasteiger partial charge on any atom is -0.309 e. The van der Waals surface area contributed by atoms with Gasteiger partial charge >= 0.3 is 0 Å². The van der Waals surface area contributed by atoms with Gasteiger partial charge in [-0.1, -0.05) is 99.9 Å². The molecule has 25 heavy (non-hydrogen) atoms. The Hall–Kier alpha value is -1.12. The zero-order valence-electron chi connectivity index (χ0n) is 16.5. The van der Waals surface area contributed by atoms with Crippen LogP contribution in [0.15, 0.2) is 42.5 Å². The maximum absolute atomic E-state index is 3.60. The molecule has 0 spiro atoms. The maximum atomic E-state index is 3.60. The first-order valence-electron chi connectivity index (χ1n) is 9.09. The first kappa shape index (κ1) is 20.2. The fourth-order valence-electron chi connectivity index (χ4n) is 2.76. The summed E-state index contributed by atoms with van der Waals surface area (Å²) in [5, 5.41) is 4.51. The average Bonchev–Trinajstić information content (AvgIpc) is 2.53. The molecule has 0 saturated carbocycles. The third-order valence-corrected chi connectivity index (χ3v) is 5.21. The molecule has 2 rings (SSSR count). The van der Waals surface area contributed by atoms with Crippen molar-refractivity contribution in [2.24, 2.45) is 0 Å². The largest absolute Gasteiger partial charge is 0.309 e. The second-order valence-corrected chi connectivity index (χ2v) is 9.53. The molecule has 0 saturated heterocycles. The number of hydrogen-bond donors (Lipinski definition) is 1. The molecule has 0 aliphatic carbocycles. The molecule has 0 atom stereocenters. The van der Waals surface area contributed by atoms with E-state index in [1.165, 1.54) is 27.8 Å². The van der Waals surface area contributed by atoms with E-state index in [-0.39, 0.29) is 10.8 Å². The average molecular weight is 402 g/mol. The topological polar surface area (TPSA) is 12.0 Å². The van der Waals surface area contributed by atoms with Gasteiger partial charge in [0.1, 0.15) is 0 Å².